The number of likely N-dealkylation sites (tertiary alicyclic amines) is 1. The van der Waals surface area contributed by atoms with Crippen LogP contribution in [0.25, 0.3) is 0 Å². The first-order chi connectivity index (χ1) is 12.0. The molecule has 1 aromatic heterocycles. The topological polar surface area (TPSA) is 106 Å². The number of hydrogen-bond donors (Lipinski definition) is 1. The number of hydrogen-bond acceptors (Lipinski definition) is 6. The van der Waals surface area contributed by atoms with Gasteiger partial charge in [0.05, 0.1) is 5.92 Å². The zero-order valence-corrected chi connectivity index (χ0v) is 13.8. The number of benzene rings is 1. The van der Waals surface area contributed by atoms with Gasteiger partial charge >= 0.3 is 5.97 Å². The van der Waals surface area contributed by atoms with E-state index >= 15 is 0 Å². The molecule has 0 bridgehead atoms. The molecule has 0 saturated carbocycles. The van der Waals surface area contributed by atoms with Crippen molar-refractivity contribution in [2.24, 2.45) is 0 Å². The molecule has 3 rings (SSSR count). The first-order valence-corrected chi connectivity index (χ1v) is 8.07. The van der Waals surface area contributed by atoms with Gasteiger partial charge in [0, 0.05) is 18.7 Å². The number of piperidine rings is 1. The number of ether oxygens (including phenoxy) is 1. The Balaban J connectivity index is 1.69. The van der Waals surface area contributed by atoms with Gasteiger partial charge in [0.15, 0.2) is 12.4 Å². The van der Waals surface area contributed by atoms with Gasteiger partial charge in [-0.1, -0.05) is 11.2 Å². The number of rotatable bonds is 5. The molecular weight excluding hydrogens is 326 g/mol. The summed E-state index contributed by atoms with van der Waals surface area (Å²) in [5, 5.41) is 12.5. The average Bonchev–Trinajstić information content (AvgIpc) is 3.06. The Morgan fingerprint density at radius 1 is 1.44 bits per heavy atom. The molecule has 2 heterocycles. The molecule has 8 heteroatoms. The number of carbonyl (C=O) groups is 2. The summed E-state index contributed by atoms with van der Waals surface area (Å²) in [6.07, 6.45) is 1.75. The molecule has 1 atom stereocenters. The van der Waals surface area contributed by atoms with Crippen molar-refractivity contribution >= 4 is 11.9 Å². The Hall–Kier alpha value is -2.90. The van der Waals surface area contributed by atoms with Crippen LogP contribution in [0.2, 0.25) is 0 Å². The second kappa shape index (κ2) is 7.33. The van der Waals surface area contributed by atoms with Gasteiger partial charge in [-0.25, -0.2) is 4.79 Å². The van der Waals surface area contributed by atoms with Gasteiger partial charge in [-0.3, -0.25) is 4.79 Å². The van der Waals surface area contributed by atoms with Crippen molar-refractivity contribution in [3.8, 4) is 5.75 Å². The molecule has 0 radical (unpaired) electrons. The average molecular weight is 345 g/mol. The lowest BCUT2D eigenvalue weighted by Crippen LogP contribution is -2.39. The quantitative estimate of drug-likeness (QED) is 0.881. The molecule has 1 aliphatic rings. The molecule has 1 aromatic carbocycles. The Morgan fingerprint density at radius 2 is 2.28 bits per heavy atom. The fourth-order valence-electron chi connectivity index (χ4n) is 2.89. The van der Waals surface area contributed by atoms with Crippen LogP contribution in [-0.4, -0.2) is 51.7 Å². The largest absolute Gasteiger partial charge is 0.482 e. The molecule has 8 nitrogen and oxygen atoms in total. The monoisotopic (exact) mass is 345 g/mol. The molecule has 1 aliphatic heterocycles. The fourth-order valence-corrected chi connectivity index (χ4v) is 2.89. The first kappa shape index (κ1) is 16.9. The summed E-state index contributed by atoms with van der Waals surface area (Å²) in [4.78, 5) is 29.4. The van der Waals surface area contributed by atoms with Crippen molar-refractivity contribution in [2.75, 3.05) is 19.7 Å². The molecule has 1 N–H and O–H groups in total. The van der Waals surface area contributed by atoms with Crippen molar-refractivity contribution in [1.29, 1.82) is 0 Å². The highest BCUT2D eigenvalue weighted by molar-refractivity contribution is 5.94. The van der Waals surface area contributed by atoms with Crippen LogP contribution in [0.15, 0.2) is 28.8 Å². The molecule has 2 aromatic rings. The summed E-state index contributed by atoms with van der Waals surface area (Å²) in [5.74, 6) is 0.349. The van der Waals surface area contributed by atoms with Gasteiger partial charge in [-0.2, -0.15) is 4.98 Å². The fraction of sp³-hybridized carbons (Fsp3) is 0.412. The SMILES string of the molecule is Cc1noc(C2CCCN(C(=O)c3cccc(OCC(=O)O)c3)C2)n1. The van der Waals surface area contributed by atoms with Crippen LogP contribution in [-0.2, 0) is 4.79 Å². The van der Waals surface area contributed by atoms with Crippen molar-refractivity contribution < 1.29 is 24.0 Å². The lowest BCUT2D eigenvalue weighted by atomic mass is 9.97. The smallest absolute Gasteiger partial charge is 0.341 e. The minimum Gasteiger partial charge on any atom is -0.482 e. The maximum Gasteiger partial charge on any atom is 0.341 e. The van der Waals surface area contributed by atoms with Crippen LogP contribution in [0.3, 0.4) is 0 Å². The zero-order chi connectivity index (χ0) is 17.8. The van der Waals surface area contributed by atoms with E-state index in [2.05, 4.69) is 10.1 Å². The van der Waals surface area contributed by atoms with Crippen molar-refractivity contribution in [3.05, 3.63) is 41.5 Å². The number of carbonyl (C=O) groups excluding carboxylic acids is 1. The second-order valence-electron chi connectivity index (χ2n) is 5.98. The van der Waals surface area contributed by atoms with Gasteiger partial charge in [0.1, 0.15) is 5.75 Å². The zero-order valence-electron chi connectivity index (χ0n) is 13.8. The van der Waals surface area contributed by atoms with E-state index in [0.717, 1.165) is 12.8 Å². The van der Waals surface area contributed by atoms with Crippen LogP contribution in [0.4, 0.5) is 0 Å². The van der Waals surface area contributed by atoms with E-state index in [1.165, 1.54) is 0 Å². The van der Waals surface area contributed by atoms with E-state index in [9.17, 15) is 9.59 Å². The predicted molar refractivity (Wildman–Crippen MR) is 86.5 cm³/mol. The molecule has 25 heavy (non-hydrogen) atoms. The summed E-state index contributed by atoms with van der Waals surface area (Å²) < 4.78 is 10.4. The predicted octanol–water partition coefficient (Wildman–Crippen LogP) is 1.86. The first-order valence-electron chi connectivity index (χ1n) is 8.07. The molecular formula is C17H19N3O5. The van der Waals surface area contributed by atoms with Gasteiger partial charge in [0.2, 0.25) is 5.89 Å². The Labute approximate surface area is 144 Å². The second-order valence-corrected chi connectivity index (χ2v) is 5.98. The lowest BCUT2D eigenvalue weighted by molar-refractivity contribution is -0.139. The van der Waals surface area contributed by atoms with Gasteiger partial charge in [-0.05, 0) is 38.0 Å². The molecule has 1 unspecified atom stereocenters. The van der Waals surface area contributed by atoms with Gasteiger partial charge < -0.3 is 19.3 Å². The van der Waals surface area contributed by atoms with Crippen LogP contribution in [0, 0.1) is 6.92 Å². The third-order valence-electron chi connectivity index (χ3n) is 4.04. The summed E-state index contributed by atoms with van der Waals surface area (Å²) >= 11 is 0. The van der Waals surface area contributed by atoms with E-state index in [1.807, 2.05) is 0 Å². The molecule has 1 saturated heterocycles. The number of carboxylic acid groups (broad SMARTS) is 1. The van der Waals surface area contributed by atoms with E-state index in [1.54, 1.807) is 36.1 Å². The maximum atomic E-state index is 12.8. The Kier molecular flexibility index (Phi) is 4.97. The Morgan fingerprint density at radius 3 is 3.00 bits per heavy atom. The summed E-state index contributed by atoms with van der Waals surface area (Å²) in [7, 11) is 0. The molecule has 1 amide bonds. The highest BCUT2D eigenvalue weighted by Gasteiger charge is 2.28. The molecule has 0 spiro atoms. The van der Waals surface area contributed by atoms with Crippen LogP contribution >= 0.6 is 0 Å². The third-order valence-corrected chi connectivity index (χ3v) is 4.04. The minimum atomic E-state index is -1.06. The van der Waals surface area contributed by atoms with Crippen molar-refractivity contribution in [2.45, 2.75) is 25.7 Å². The van der Waals surface area contributed by atoms with Crippen LogP contribution in [0.5, 0.6) is 5.75 Å². The number of aryl methyl sites for hydroxylation is 1. The van der Waals surface area contributed by atoms with Crippen LogP contribution in [0.1, 0.15) is 40.8 Å². The number of carboxylic acids is 1. The van der Waals surface area contributed by atoms with E-state index < -0.39 is 12.6 Å². The number of amides is 1. The van der Waals surface area contributed by atoms with E-state index in [0.29, 0.717) is 36.1 Å². The van der Waals surface area contributed by atoms with E-state index in [4.69, 9.17) is 14.4 Å². The normalized spacial score (nSPS) is 17.3. The van der Waals surface area contributed by atoms with Crippen molar-refractivity contribution in [1.82, 2.24) is 15.0 Å². The third kappa shape index (κ3) is 4.14. The number of aromatic nitrogens is 2. The van der Waals surface area contributed by atoms with Crippen molar-refractivity contribution in [3.63, 3.8) is 0 Å². The Bertz CT molecular complexity index is 773. The molecule has 0 aliphatic carbocycles. The molecule has 132 valence electrons. The lowest BCUT2D eigenvalue weighted by Gasteiger charge is -2.31. The van der Waals surface area contributed by atoms with Gasteiger partial charge in [0.25, 0.3) is 5.91 Å². The number of aliphatic carboxylic acids is 1. The standard InChI is InChI=1S/C17H19N3O5/c1-11-18-16(25-19-11)13-5-3-7-20(9-13)17(23)12-4-2-6-14(8-12)24-10-15(21)22/h2,4,6,8,13H,3,5,7,9-10H2,1H3,(H,21,22). The summed E-state index contributed by atoms with van der Waals surface area (Å²) in [6.45, 7) is 2.49. The molecule has 1 fully saturated rings. The van der Waals surface area contributed by atoms with Gasteiger partial charge in [-0.15, -0.1) is 0 Å². The summed E-state index contributed by atoms with van der Waals surface area (Å²) in [6, 6.07) is 6.55. The summed E-state index contributed by atoms with van der Waals surface area (Å²) in [5.41, 5.74) is 0.463. The van der Waals surface area contributed by atoms with E-state index in [-0.39, 0.29) is 11.8 Å². The minimum absolute atomic E-state index is 0.0327. The number of nitrogens with zero attached hydrogens (tertiary/aromatic N) is 3. The van der Waals surface area contributed by atoms with Crippen LogP contribution < -0.4 is 4.74 Å². The maximum absolute atomic E-state index is 12.8. The highest BCUT2D eigenvalue weighted by Crippen LogP contribution is 2.27. The highest BCUT2D eigenvalue weighted by atomic mass is 16.5.